The minimum Gasteiger partial charge on any atom is -0.457 e. The summed E-state index contributed by atoms with van der Waals surface area (Å²) < 4.78 is 4.98. The van der Waals surface area contributed by atoms with Gasteiger partial charge in [-0.1, -0.05) is 103 Å². The van der Waals surface area contributed by atoms with Crippen LogP contribution >= 0.6 is 0 Å². The number of unbranched alkanes of at least 4 members (excludes halogenated alkanes) is 13. The van der Waals surface area contributed by atoms with Gasteiger partial charge in [-0.2, -0.15) is 0 Å². The van der Waals surface area contributed by atoms with Gasteiger partial charge in [-0.05, 0) is 30.5 Å². The van der Waals surface area contributed by atoms with E-state index >= 15 is 0 Å². The van der Waals surface area contributed by atoms with E-state index in [-0.39, 0.29) is 19.6 Å². The van der Waals surface area contributed by atoms with Crippen molar-refractivity contribution >= 4 is 11.7 Å². The van der Waals surface area contributed by atoms with E-state index in [1.54, 1.807) is 0 Å². The molecule has 0 aliphatic carbocycles. The molecule has 0 unspecified atom stereocenters. The number of hydrogen-bond acceptors (Lipinski definition) is 5. The van der Waals surface area contributed by atoms with Crippen molar-refractivity contribution in [1.82, 2.24) is 0 Å². The highest BCUT2D eigenvalue weighted by atomic mass is 16.6. The zero-order chi connectivity index (χ0) is 24.0. The summed E-state index contributed by atoms with van der Waals surface area (Å²) in [5, 5.41) is 21.4. The lowest BCUT2D eigenvalue weighted by Gasteiger charge is -2.12. The summed E-state index contributed by atoms with van der Waals surface area (Å²) in [6, 6.07) is 8.15. The SMILES string of the molecule is CCCCCCCCCCCCCCCCNc1ccc(CCC(=O)OC(CO)CO)cc1. The summed E-state index contributed by atoms with van der Waals surface area (Å²) in [5.41, 5.74) is 2.18. The molecule has 33 heavy (non-hydrogen) atoms. The molecule has 1 rings (SSSR count). The van der Waals surface area contributed by atoms with Crippen molar-refractivity contribution in [3.8, 4) is 0 Å². The number of anilines is 1. The Morgan fingerprint density at radius 3 is 1.76 bits per heavy atom. The second kappa shape index (κ2) is 21.0. The van der Waals surface area contributed by atoms with Gasteiger partial charge in [0, 0.05) is 18.7 Å². The molecule has 0 fully saturated rings. The second-order valence-electron chi connectivity index (χ2n) is 9.20. The number of esters is 1. The number of aryl methyl sites for hydroxylation is 1. The number of aliphatic hydroxyl groups is 2. The largest absolute Gasteiger partial charge is 0.457 e. The lowest BCUT2D eigenvalue weighted by molar-refractivity contribution is -0.153. The van der Waals surface area contributed by atoms with E-state index in [0.29, 0.717) is 6.42 Å². The highest BCUT2D eigenvalue weighted by Gasteiger charge is 2.12. The van der Waals surface area contributed by atoms with Crippen molar-refractivity contribution in [2.75, 3.05) is 25.1 Å². The van der Waals surface area contributed by atoms with Crippen LogP contribution in [0.3, 0.4) is 0 Å². The molecule has 0 aliphatic heterocycles. The molecule has 3 N–H and O–H groups in total. The third-order valence-corrected chi connectivity index (χ3v) is 6.14. The van der Waals surface area contributed by atoms with Gasteiger partial charge in [0.1, 0.15) is 6.10 Å². The third kappa shape index (κ3) is 16.6. The van der Waals surface area contributed by atoms with Gasteiger partial charge in [-0.3, -0.25) is 4.79 Å². The Labute approximate surface area is 202 Å². The number of rotatable bonds is 22. The van der Waals surface area contributed by atoms with Gasteiger partial charge in [-0.15, -0.1) is 0 Å². The van der Waals surface area contributed by atoms with E-state index in [1.165, 1.54) is 89.9 Å². The van der Waals surface area contributed by atoms with Crippen LogP contribution in [0.25, 0.3) is 0 Å². The molecule has 5 heteroatoms. The van der Waals surface area contributed by atoms with Crippen LogP contribution in [0, 0.1) is 0 Å². The lowest BCUT2D eigenvalue weighted by Crippen LogP contribution is -2.25. The summed E-state index contributed by atoms with van der Waals surface area (Å²) >= 11 is 0. The molecule has 0 spiro atoms. The molecule has 0 saturated heterocycles. The van der Waals surface area contributed by atoms with Crippen LogP contribution in [0.5, 0.6) is 0 Å². The average Bonchev–Trinajstić information content (AvgIpc) is 2.84. The van der Waals surface area contributed by atoms with E-state index in [1.807, 2.05) is 12.1 Å². The van der Waals surface area contributed by atoms with Crippen molar-refractivity contribution in [3.63, 3.8) is 0 Å². The molecule has 1 aromatic rings. The number of aliphatic hydroxyl groups excluding tert-OH is 2. The Morgan fingerprint density at radius 2 is 1.27 bits per heavy atom. The predicted molar refractivity (Wildman–Crippen MR) is 138 cm³/mol. The molecule has 190 valence electrons. The van der Waals surface area contributed by atoms with Gasteiger partial charge in [-0.25, -0.2) is 0 Å². The van der Waals surface area contributed by atoms with Crippen LogP contribution < -0.4 is 5.32 Å². The Balaban J connectivity index is 1.95. The first-order chi connectivity index (χ1) is 16.2. The fraction of sp³-hybridized carbons (Fsp3) is 0.750. The molecule has 5 nitrogen and oxygen atoms in total. The van der Waals surface area contributed by atoms with Crippen molar-refractivity contribution < 1.29 is 19.7 Å². The zero-order valence-electron chi connectivity index (χ0n) is 21.0. The standard InChI is InChI=1S/C28H49NO4/c1-2-3-4-5-6-7-8-9-10-11-12-13-14-15-22-29-26-19-16-25(17-20-26)18-21-28(32)33-27(23-30)24-31/h16-17,19-20,27,29-31H,2-15,18,21-24H2,1H3. The maximum atomic E-state index is 11.7. The molecule has 0 amide bonds. The first-order valence-electron chi connectivity index (χ1n) is 13.4. The van der Waals surface area contributed by atoms with E-state index in [0.717, 1.165) is 17.8 Å². The van der Waals surface area contributed by atoms with Gasteiger partial charge in [0.2, 0.25) is 0 Å². The Hall–Kier alpha value is -1.59. The van der Waals surface area contributed by atoms with Crippen LogP contribution in [0.4, 0.5) is 5.69 Å². The molecular formula is C28H49NO4. The van der Waals surface area contributed by atoms with Gasteiger partial charge < -0.3 is 20.3 Å². The van der Waals surface area contributed by atoms with Crippen molar-refractivity contribution in [3.05, 3.63) is 29.8 Å². The predicted octanol–water partition coefficient (Wildman–Crippen LogP) is 6.41. The number of hydrogen-bond donors (Lipinski definition) is 3. The molecule has 0 saturated carbocycles. The molecule has 0 bridgehead atoms. The van der Waals surface area contributed by atoms with Crippen LogP contribution in [-0.2, 0) is 16.0 Å². The second-order valence-corrected chi connectivity index (χ2v) is 9.20. The maximum absolute atomic E-state index is 11.7. The Bertz CT molecular complexity index is 572. The highest BCUT2D eigenvalue weighted by molar-refractivity contribution is 5.70. The third-order valence-electron chi connectivity index (χ3n) is 6.14. The van der Waals surface area contributed by atoms with Crippen LogP contribution in [0.15, 0.2) is 24.3 Å². The van der Waals surface area contributed by atoms with Gasteiger partial charge in [0.05, 0.1) is 13.2 Å². The van der Waals surface area contributed by atoms with Gasteiger partial charge in [0.15, 0.2) is 0 Å². The van der Waals surface area contributed by atoms with Gasteiger partial charge in [0.25, 0.3) is 0 Å². The minimum atomic E-state index is -0.820. The lowest BCUT2D eigenvalue weighted by atomic mass is 10.0. The maximum Gasteiger partial charge on any atom is 0.306 e. The summed E-state index contributed by atoms with van der Waals surface area (Å²) in [5.74, 6) is -0.400. The number of carbonyl (C=O) groups excluding carboxylic acids is 1. The number of nitrogens with one attached hydrogen (secondary N) is 1. The van der Waals surface area contributed by atoms with Gasteiger partial charge >= 0.3 is 5.97 Å². The van der Waals surface area contributed by atoms with E-state index in [4.69, 9.17) is 14.9 Å². The molecule has 1 aromatic carbocycles. The molecular weight excluding hydrogens is 414 g/mol. The minimum absolute atomic E-state index is 0.238. The quantitative estimate of drug-likeness (QED) is 0.137. The number of ether oxygens (including phenoxy) is 1. The van der Waals surface area contributed by atoms with Crippen molar-refractivity contribution in [2.24, 2.45) is 0 Å². The van der Waals surface area contributed by atoms with Crippen molar-refractivity contribution in [2.45, 2.75) is 116 Å². The normalized spacial score (nSPS) is 11.2. The van der Waals surface area contributed by atoms with Crippen LogP contribution in [-0.4, -0.2) is 42.0 Å². The first kappa shape index (κ1) is 29.4. The fourth-order valence-electron chi connectivity index (χ4n) is 3.97. The van der Waals surface area contributed by atoms with E-state index < -0.39 is 12.1 Å². The topological polar surface area (TPSA) is 78.8 Å². The van der Waals surface area contributed by atoms with E-state index in [9.17, 15) is 4.79 Å². The molecule has 0 heterocycles. The molecule has 0 radical (unpaired) electrons. The smallest absolute Gasteiger partial charge is 0.306 e. The van der Waals surface area contributed by atoms with E-state index in [2.05, 4.69) is 24.4 Å². The fourth-order valence-corrected chi connectivity index (χ4v) is 3.97. The monoisotopic (exact) mass is 463 g/mol. The van der Waals surface area contributed by atoms with Crippen LogP contribution in [0.1, 0.15) is 109 Å². The highest BCUT2D eigenvalue weighted by Crippen LogP contribution is 2.14. The summed E-state index contributed by atoms with van der Waals surface area (Å²) in [7, 11) is 0. The summed E-state index contributed by atoms with van der Waals surface area (Å²) in [4.78, 5) is 11.7. The molecule has 0 atom stereocenters. The van der Waals surface area contributed by atoms with Crippen LogP contribution in [0.2, 0.25) is 0 Å². The number of carbonyl (C=O) groups is 1. The first-order valence-corrected chi connectivity index (χ1v) is 13.4. The average molecular weight is 464 g/mol. The Morgan fingerprint density at radius 1 is 0.788 bits per heavy atom. The Kier molecular flexibility index (Phi) is 18.7. The molecule has 0 aliphatic rings. The number of benzene rings is 1. The zero-order valence-corrected chi connectivity index (χ0v) is 21.0. The summed E-state index contributed by atoms with van der Waals surface area (Å²) in [6.07, 6.45) is 19.3. The summed E-state index contributed by atoms with van der Waals surface area (Å²) in [6.45, 7) is 2.55. The molecule has 0 aromatic heterocycles. The van der Waals surface area contributed by atoms with Crippen molar-refractivity contribution in [1.29, 1.82) is 0 Å².